The SMILES string of the molecule is CCC(C)[C@H](NC(=O)[C@@H](NC(=O)[C@@H](C[C@H](O)[C@H](CC(C)C)NC(=O)[C@@H](NC(C)=O)C(C)C)C(C)C)C(C)C)C(=O)NCc1ccccn1. The van der Waals surface area contributed by atoms with Crippen molar-refractivity contribution in [2.75, 3.05) is 0 Å². The number of nitrogens with one attached hydrogen (secondary N) is 5. The summed E-state index contributed by atoms with van der Waals surface area (Å²) in [6.45, 7) is 20.4. The third-order valence-corrected chi connectivity index (χ3v) is 8.67. The van der Waals surface area contributed by atoms with Crippen LogP contribution in [0.15, 0.2) is 24.4 Å². The van der Waals surface area contributed by atoms with Crippen molar-refractivity contribution in [3.8, 4) is 0 Å². The Hall–Kier alpha value is -3.54. The van der Waals surface area contributed by atoms with Gasteiger partial charge in [-0.2, -0.15) is 0 Å². The molecule has 1 aromatic heterocycles. The minimum absolute atomic E-state index is 0.0471. The van der Waals surface area contributed by atoms with Gasteiger partial charge in [-0.05, 0) is 54.6 Å². The molecule has 272 valence electrons. The van der Waals surface area contributed by atoms with E-state index in [2.05, 4.69) is 31.6 Å². The molecule has 0 spiro atoms. The smallest absolute Gasteiger partial charge is 0.243 e. The summed E-state index contributed by atoms with van der Waals surface area (Å²) in [4.78, 5) is 69.8. The van der Waals surface area contributed by atoms with Crippen LogP contribution in [-0.4, -0.2) is 69.9 Å². The van der Waals surface area contributed by atoms with Gasteiger partial charge in [0.25, 0.3) is 0 Å². The van der Waals surface area contributed by atoms with Crippen molar-refractivity contribution in [3.63, 3.8) is 0 Å². The molecule has 0 fully saturated rings. The molecular weight excluding hydrogens is 612 g/mol. The summed E-state index contributed by atoms with van der Waals surface area (Å²) in [5.41, 5.74) is 0.692. The fourth-order valence-corrected chi connectivity index (χ4v) is 5.48. The Morgan fingerprint density at radius 3 is 1.75 bits per heavy atom. The van der Waals surface area contributed by atoms with Crippen molar-refractivity contribution in [1.82, 2.24) is 31.6 Å². The zero-order chi connectivity index (χ0) is 36.7. The molecule has 7 atom stereocenters. The summed E-state index contributed by atoms with van der Waals surface area (Å²) in [6, 6.07) is 2.25. The van der Waals surface area contributed by atoms with Crippen LogP contribution in [-0.2, 0) is 30.5 Å². The van der Waals surface area contributed by atoms with Crippen molar-refractivity contribution < 1.29 is 29.1 Å². The molecule has 1 rings (SSSR count). The molecule has 0 aliphatic rings. The number of hydrogen-bond donors (Lipinski definition) is 6. The number of hydrogen-bond acceptors (Lipinski definition) is 7. The average molecular weight is 675 g/mol. The quantitative estimate of drug-likeness (QED) is 0.123. The van der Waals surface area contributed by atoms with E-state index in [0.29, 0.717) is 18.5 Å². The largest absolute Gasteiger partial charge is 0.391 e. The Bertz CT molecular complexity index is 1170. The van der Waals surface area contributed by atoms with Crippen molar-refractivity contribution >= 4 is 29.5 Å². The van der Waals surface area contributed by atoms with E-state index < -0.39 is 53.9 Å². The third-order valence-electron chi connectivity index (χ3n) is 8.67. The van der Waals surface area contributed by atoms with Crippen LogP contribution in [0, 0.1) is 35.5 Å². The van der Waals surface area contributed by atoms with Crippen LogP contribution in [0.3, 0.4) is 0 Å². The van der Waals surface area contributed by atoms with Crippen molar-refractivity contribution in [3.05, 3.63) is 30.1 Å². The molecule has 0 radical (unpaired) electrons. The Morgan fingerprint density at radius 2 is 1.27 bits per heavy atom. The Morgan fingerprint density at radius 1 is 0.708 bits per heavy atom. The maximum atomic E-state index is 13.8. The first-order valence-electron chi connectivity index (χ1n) is 17.4. The topological polar surface area (TPSA) is 179 Å². The molecule has 0 saturated carbocycles. The highest BCUT2D eigenvalue weighted by molar-refractivity contribution is 5.93. The number of aliphatic hydroxyl groups excluding tert-OH is 1. The second kappa shape index (κ2) is 20.7. The average Bonchev–Trinajstić information content (AvgIpc) is 3.01. The van der Waals surface area contributed by atoms with Gasteiger partial charge in [0.05, 0.1) is 24.4 Å². The van der Waals surface area contributed by atoms with Gasteiger partial charge >= 0.3 is 0 Å². The molecule has 1 unspecified atom stereocenters. The molecule has 12 heteroatoms. The molecule has 0 aliphatic heterocycles. The molecule has 0 aromatic carbocycles. The maximum absolute atomic E-state index is 13.8. The second-order valence-electron chi connectivity index (χ2n) is 14.5. The lowest BCUT2D eigenvalue weighted by Crippen LogP contribution is -2.58. The maximum Gasteiger partial charge on any atom is 0.243 e. The lowest BCUT2D eigenvalue weighted by molar-refractivity contribution is -0.136. The van der Waals surface area contributed by atoms with Crippen LogP contribution in [0.2, 0.25) is 0 Å². The van der Waals surface area contributed by atoms with Crippen molar-refractivity contribution in [1.29, 1.82) is 0 Å². The predicted octanol–water partition coefficient (Wildman–Crippen LogP) is 3.08. The van der Waals surface area contributed by atoms with Gasteiger partial charge in [0.1, 0.15) is 18.1 Å². The van der Waals surface area contributed by atoms with Crippen LogP contribution in [0.5, 0.6) is 0 Å². The van der Waals surface area contributed by atoms with Gasteiger partial charge in [0, 0.05) is 19.0 Å². The number of rotatable bonds is 20. The molecule has 0 aliphatic carbocycles. The number of carbonyl (C=O) groups excluding carboxylic acids is 5. The van der Waals surface area contributed by atoms with E-state index in [1.54, 1.807) is 18.3 Å². The molecule has 0 bridgehead atoms. The Kier molecular flexibility index (Phi) is 18.4. The van der Waals surface area contributed by atoms with Crippen LogP contribution in [0.1, 0.15) is 101 Å². The van der Waals surface area contributed by atoms with E-state index in [4.69, 9.17) is 0 Å². The first-order chi connectivity index (χ1) is 22.4. The molecular formula is C36H62N6O6. The fraction of sp³-hybridized carbons (Fsp3) is 0.722. The number of carbonyl (C=O) groups is 5. The number of amides is 5. The van der Waals surface area contributed by atoms with E-state index in [1.807, 2.05) is 75.3 Å². The van der Waals surface area contributed by atoms with Crippen LogP contribution < -0.4 is 26.6 Å². The Labute approximate surface area is 287 Å². The highest BCUT2D eigenvalue weighted by atomic mass is 16.3. The van der Waals surface area contributed by atoms with Gasteiger partial charge in [0.2, 0.25) is 29.5 Å². The summed E-state index contributed by atoms with van der Waals surface area (Å²) in [5.74, 6) is -3.32. The van der Waals surface area contributed by atoms with Gasteiger partial charge in [0.15, 0.2) is 0 Å². The number of aromatic nitrogens is 1. The van der Waals surface area contributed by atoms with Gasteiger partial charge in [-0.15, -0.1) is 0 Å². The number of nitrogens with zero attached hydrogens (tertiary/aromatic N) is 1. The monoisotopic (exact) mass is 674 g/mol. The molecule has 5 amide bonds. The molecule has 48 heavy (non-hydrogen) atoms. The summed E-state index contributed by atoms with van der Waals surface area (Å²) in [6.07, 6.45) is 1.73. The van der Waals surface area contributed by atoms with E-state index >= 15 is 0 Å². The van der Waals surface area contributed by atoms with Crippen molar-refractivity contribution in [2.45, 2.75) is 132 Å². The minimum Gasteiger partial charge on any atom is -0.391 e. The molecule has 0 saturated heterocycles. The molecule has 12 nitrogen and oxygen atoms in total. The van der Waals surface area contributed by atoms with E-state index in [1.165, 1.54) is 6.92 Å². The molecule has 1 aromatic rings. The van der Waals surface area contributed by atoms with Gasteiger partial charge in [-0.1, -0.05) is 81.7 Å². The summed E-state index contributed by atoms with van der Waals surface area (Å²) >= 11 is 0. The summed E-state index contributed by atoms with van der Waals surface area (Å²) in [5, 5.41) is 25.7. The van der Waals surface area contributed by atoms with Crippen LogP contribution >= 0.6 is 0 Å². The standard InChI is InChI=1S/C36H62N6O6/c1-12-24(10)32(34(46)38-19-26-15-13-14-16-37-26)42-36(48)31(23(8)9)41-33(45)27(21(4)5)18-29(44)28(17-20(2)3)40-35(47)30(22(6)7)39-25(11)43/h13-16,20-24,27-32,44H,12,17-19H2,1-11H3,(H,38,46)(H,39,43)(H,40,47)(H,41,45)(H,42,48)/t24?,27-,28-,29-,30-,31-,32-/m0/s1. The highest BCUT2D eigenvalue weighted by Gasteiger charge is 2.36. The van der Waals surface area contributed by atoms with Crippen LogP contribution in [0.25, 0.3) is 0 Å². The number of aliphatic hydroxyl groups is 1. The van der Waals surface area contributed by atoms with E-state index in [0.717, 1.165) is 0 Å². The van der Waals surface area contributed by atoms with Crippen molar-refractivity contribution in [2.24, 2.45) is 35.5 Å². The number of pyridine rings is 1. The fourth-order valence-electron chi connectivity index (χ4n) is 5.48. The van der Waals surface area contributed by atoms with E-state index in [-0.39, 0.29) is 54.4 Å². The second-order valence-corrected chi connectivity index (χ2v) is 14.5. The van der Waals surface area contributed by atoms with Gasteiger partial charge in [-0.3, -0.25) is 29.0 Å². The normalized spacial score (nSPS) is 16.0. The molecule has 6 N–H and O–H groups in total. The third kappa shape index (κ3) is 14.3. The highest BCUT2D eigenvalue weighted by Crippen LogP contribution is 2.23. The zero-order valence-electron chi connectivity index (χ0n) is 30.9. The molecule has 1 heterocycles. The van der Waals surface area contributed by atoms with Gasteiger partial charge < -0.3 is 31.7 Å². The summed E-state index contributed by atoms with van der Waals surface area (Å²) in [7, 11) is 0. The lowest BCUT2D eigenvalue weighted by Gasteiger charge is -2.33. The predicted molar refractivity (Wildman–Crippen MR) is 187 cm³/mol. The lowest BCUT2D eigenvalue weighted by atomic mass is 9.85. The van der Waals surface area contributed by atoms with Gasteiger partial charge in [-0.25, -0.2) is 0 Å². The first kappa shape index (κ1) is 42.5. The minimum atomic E-state index is -1.07. The van der Waals surface area contributed by atoms with E-state index in [9.17, 15) is 29.1 Å². The first-order valence-corrected chi connectivity index (χ1v) is 17.4. The Balaban J connectivity index is 3.12. The zero-order valence-corrected chi connectivity index (χ0v) is 30.9. The summed E-state index contributed by atoms with van der Waals surface area (Å²) < 4.78 is 0. The van der Waals surface area contributed by atoms with Crippen LogP contribution in [0.4, 0.5) is 0 Å².